The molecule has 0 spiro atoms. The topological polar surface area (TPSA) is 125 Å². The summed E-state index contributed by atoms with van der Waals surface area (Å²) < 4.78 is 5.08. The van der Waals surface area contributed by atoms with Gasteiger partial charge < -0.3 is 15.2 Å². The average molecular weight is 383 g/mol. The van der Waals surface area contributed by atoms with Crippen molar-refractivity contribution in [1.82, 2.24) is 15.8 Å². The number of carboxylic acids is 1. The fourth-order valence-corrected chi connectivity index (χ4v) is 2.82. The third-order valence-corrected chi connectivity index (χ3v) is 4.44. The van der Waals surface area contributed by atoms with Gasteiger partial charge in [-0.2, -0.15) is 5.01 Å². The van der Waals surface area contributed by atoms with Crippen molar-refractivity contribution < 1.29 is 29.0 Å². The number of urea groups is 1. The number of amides is 4. The fraction of sp³-hybridized carbons (Fsp3) is 0.158. The highest BCUT2D eigenvalue weighted by Crippen LogP contribution is 2.29. The van der Waals surface area contributed by atoms with E-state index >= 15 is 0 Å². The van der Waals surface area contributed by atoms with Crippen molar-refractivity contribution in [1.29, 1.82) is 0 Å². The van der Waals surface area contributed by atoms with Gasteiger partial charge in [-0.1, -0.05) is 18.2 Å². The Balaban J connectivity index is 1.82. The molecule has 0 saturated carbocycles. The van der Waals surface area contributed by atoms with Crippen molar-refractivity contribution >= 4 is 23.8 Å². The van der Waals surface area contributed by atoms with Crippen LogP contribution in [0.25, 0.3) is 0 Å². The summed E-state index contributed by atoms with van der Waals surface area (Å²) in [5, 5.41) is 12.2. The number of hydrogen-bond donors (Lipinski definition) is 3. The van der Waals surface area contributed by atoms with Crippen LogP contribution in [0, 0.1) is 0 Å². The highest BCUT2D eigenvalue weighted by atomic mass is 16.5. The van der Waals surface area contributed by atoms with Crippen molar-refractivity contribution in [2.45, 2.75) is 12.5 Å². The van der Waals surface area contributed by atoms with Crippen molar-refractivity contribution in [2.24, 2.45) is 0 Å². The van der Waals surface area contributed by atoms with Crippen molar-refractivity contribution in [2.75, 3.05) is 7.11 Å². The number of carbonyl (C=O) groups is 4. The number of hydrogen-bond acceptors (Lipinski definition) is 5. The van der Waals surface area contributed by atoms with Gasteiger partial charge in [0.05, 0.1) is 12.7 Å². The Bertz CT molecular complexity index is 972. The molecule has 4 amide bonds. The molecule has 1 unspecified atom stereocenters. The van der Waals surface area contributed by atoms with E-state index in [1.165, 1.54) is 32.2 Å². The molecule has 1 atom stereocenters. The summed E-state index contributed by atoms with van der Waals surface area (Å²) in [6.07, 6.45) is 0. The molecule has 144 valence electrons. The predicted octanol–water partition coefficient (Wildman–Crippen LogP) is 1.51. The van der Waals surface area contributed by atoms with Crippen molar-refractivity contribution in [3.8, 4) is 5.75 Å². The number of benzene rings is 2. The van der Waals surface area contributed by atoms with Crippen LogP contribution in [-0.2, 0) is 10.3 Å². The third kappa shape index (κ3) is 3.25. The van der Waals surface area contributed by atoms with E-state index in [4.69, 9.17) is 9.84 Å². The smallest absolute Gasteiger partial charge is 0.344 e. The molecule has 0 radical (unpaired) electrons. The van der Waals surface area contributed by atoms with Crippen LogP contribution >= 0.6 is 0 Å². The maximum atomic E-state index is 12.8. The van der Waals surface area contributed by atoms with E-state index in [9.17, 15) is 19.2 Å². The summed E-state index contributed by atoms with van der Waals surface area (Å²) in [5.74, 6) is -2.07. The second-order valence-electron chi connectivity index (χ2n) is 6.25. The predicted molar refractivity (Wildman–Crippen MR) is 96.6 cm³/mol. The van der Waals surface area contributed by atoms with Gasteiger partial charge in [0.1, 0.15) is 11.3 Å². The standard InChI is InChI=1S/C19H17N3O6/c1-19(13-6-8-14(28-2)9-7-13)17(26)22(18(27)20-19)21-15(23)11-4-3-5-12(10-11)16(24)25/h3-10H,1-2H3,(H,20,27)(H,21,23)(H,24,25). The van der Waals surface area contributed by atoms with Gasteiger partial charge >= 0.3 is 12.0 Å². The maximum absolute atomic E-state index is 12.8. The largest absolute Gasteiger partial charge is 0.497 e. The van der Waals surface area contributed by atoms with Gasteiger partial charge in [0, 0.05) is 5.56 Å². The minimum Gasteiger partial charge on any atom is -0.497 e. The molecular weight excluding hydrogens is 366 g/mol. The van der Waals surface area contributed by atoms with E-state index in [2.05, 4.69) is 10.7 Å². The van der Waals surface area contributed by atoms with Gasteiger partial charge in [-0.05, 0) is 42.8 Å². The number of methoxy groups -OCH3 is 1. The van der Waals surface area contributed by atoms with E-state index in [0.29, 0.717) is 16.3 Å². The third-order valence-electron chi connectivity index (χ3n) is 4.44. The lowest BCUT2D eigenvalue weighted by atomic mass is 9.92. The quantitative estimate of drug-likeness (QED) is 0.672. The molecule has 0 aliphatic carbocycles. The average Bonchev–Trinajstić information content (AvgIpc) is 2.92. The molecule has 1 saturated heterocycles. The summed E-state index contributed by atoms with van der Waals surface area (Å²) in [6.45, 7) is 1.52. The van der Waals surface area contributed by atoms with E-state index in [0.717, 1.165) is 6.07 Å². The Morgan fingerprint density at radius 3 is 2.36 bits per heavy atom. The molecule has 2 aromatic carbocycles. The number of rotatable bonds is 5. The number of carbonyl (C=O) groups excluding carboxylic acids is 3. The first-order valence-electron chi connectivity index (χ1n) is 8.22. The maximum Gasteiger partial charge on any atom is 0.344 e. The highest BCUT2D eigenvalue weighted by molar-refractivity contribution is 6.09. The van der Waals surface area contributed by atoms with Gasteiger partial charge in [-0.25, -0.2) is 9.59 Å². The first-order valence-corrected chi connectivity index (χ1v) is 8.22. The van der Waals surface area contributed by atoms with E-state index in [1.807, 2.05) is 0 Å². The molecule has 0 bridgehead atoms. The Labute approximate surface area is 159 Å². The fourth-order valence-electron chi connectivity index (χ4n) is 2.82. The monoisotopic (exact) mass is 383 g/mol. The molecular formula is C19H17N3O6. The van der Waals surface area contributed by atoms with E-state index < -0.39 is 29.4 Å². The van der Waals surface area contributed by atoms with Gasteiger partial charge in [0.15, 0.2) is 0 Å². The van der Waals surface area contributed by atoms with E-state index in [1.54, 1.807) is 24.3 Å². The number of imide groups is 1. The van der Waals surface area contributed by atoms with Gasteiger partial charge in [0.2, 0.25) is 0 Å². The Hall–Kier alpha value is -3.88. The number of hydrazine groups is 1. The second kappa shape index (κ2) is 7.03. The molecule has 3 rings (SSSR count). The van der Waals surface area contributed by atoms with Crippen molar-refractivity contribution in [3.63, 3.8) is 0 Å². The summed E-state index contributed by atoms with van der Waals surface area (Å²) in [5.41, 5.74) is 1.27. The molecule has 1 fully saturated rings. The van der Waals surface area contributed by atoms with Gasteiger partial charge in [0.25, 0.3) is 11.8 Å². The summed E-state index contributed by atoms with van der Waals surface area (Å²) >= 11 is 0. The van der Waals surface area contributed by atoms with Crippen LogP contribution in [0.4, 0.5) is 4.79 Å². The summed E-state index contributed by atoms with van der Waals surface area (Å²) in [6, 6.07) is 11.0. The van der Waals surface area contributed by atoms with Gasteiger partial charge in [-0.15, -0.1) is 0 Å². The number of aromatic carboxylic acids is 1. The lowest BCUT2D eigenvalue weighted by Crippen LogP contribution is -2.47. The van der Waals surface area contributed by atoms with E-state index in [-0.39, 0.29) is 11.1 Å². The van der Waals surface area contributed by atoms with Crippen LogP contribution in [0.3, 0.4) is 0 Å². The van der Waals surface area contributed by atoms with Crippen molar-refractivity contribution in [3.05, 3.63) is 65.2 Å². The zero-order valence-corrected chi connectivity index (χ0v) is 15.1. The van der Waals surface area contributed by atoms with Crippen LogP contribution in [0.15, 0.2) is 48.5 Å². The normalized spacial score (nSPS) is 18.6. The van der Waals surface area contributed by atoms with Gasteiger partial charge in [-0.3, -0.25) is 15.0 Å². The molecule has 9 heteroatoms. The number of nitrogens with one attached hydrogen (secondary N) is 2. The van der Waals surface area contributed by atoms with Crippen LogP contribution in [0.5, 0.6) is 5.75 Å². The Kier molecular flexibility index (Phi) is 4.74. The molecule has 1 aliphatic rings. The summed E-state index contributed by atoms with van der Waals surface area (Å²) in [7, 11) is 1.51. The van der Waals surface area contributed by atoms with Crippen LogP contribution in [0.1, 0.15) is 33.2 Å². The number of ether oxygens (including phenoxy) is 1. The first-order chi connectivity index (χ1) is 13.3. The SMILES string of the molecule is COc1ccc(C2(C)NC(=O)N(NC(=O)c3cccc(C(=O)O)c3)C2=O)cc1. The number of carboxylic acid groups (broad SMARTS) is 1. The molecule has 28 heavy (non-hydrogen) atoms. The Morgan fingerprint density at radius 2 is 1.75 bits per heavy atom. The molecule has 1 heterocycles. The second-order valence-corrected chi connectivity index (χ2v) is 6.25. The molecule has 3 N–H and O–H groups in total. The minimum absolute atomic E-state index is 0.00134. The molecule has 0 aromatic heterocycles. The lowest BCUT2D eigenvalue weighted by Gasteiger charge is -2.22. The highest BCUT2D eigenvalue weighted by Gasteiger charge is 2.50. The minimum atomic E-state index is -1.38. The Morgan fingerprint density at radius 1 is 1.11 bits per heavy atom. The van der Waals surface area contributed by atoms with Crippen LogP contribution < -0.4 is 15.5 Å². The molecule has 1 aliphatic heterocycles. The first kappa shape index (κ1) is 18.9. The lowest BCUT2D eigenvalue weighted by molar-refractivity contribution is -0.132. The van der Waals surface area contributed by atoms with Crippen LogP contribution in [-0.4, -0.2) is 41.0 Å². The summed E-state index contributed by atoms with van der Waals surface area (Å²) in [4.78, 5) is 48.6. The zero-order chi connectivity index (χ0) is 20.5. The molecule has 2 aromatic rings. The number of nitrogens with zero attached hydrogens (tertiary/aromatic N) is 1. The zero-order valence-electron chi connectivity index (χ0n) is 15.1. The van der Waals surface area contributed by atoms with Crippen LogP contribution in [0.2, 0.25) is 0 Å². The molecule has 9 nitrogen and oxygen atoms in total.